The second kappa shape index (κ2) is 11.5. The summed E-state index contributed by atoms with van der Waals surface area (Å²) in [6, 6.07) is 23.2. The van der Waals surface area contributed by atoms with Gasteiger partial charge in [0.1, 0.15) is 11.8 Å². The molecular formula is C28H27N3O4S. The highest BCUT2D eigenvalue weighted by Crippen LogP contribution is 2.33. The maximum Gasteiger partial charge on any atom is 0.326 e. The molecule has 1 unspecified atom stereocenters. The Kier molecular flexibility index (Phi) is 7.97. The number of nitrogens with zero attached hydrogens (tertiary/aromatic N) is 2. The zero-order valence-corrected chi connectivity index (χ0v) is 20.9. The molecule has 8 heteroatoms. The summed E-state index contributed by atoms with van der Waals surface area (Å²) in [5, 5.41) is 15.1. The molecule has 1 amide bonds. The van der Waals surface area contributed by atoms with Crippen LogP contribution < -0.4 is 15.0 Å². The lowest BCUT2D eigenvalue weighted by Crippen LogP contribution is -2.42. The summed E-state index contributed by atoms with van der Waals surface area (Å²) < 4.78 is 5.45. The Hall–Kier alpha value is -4.17. The zero-order valence-electron chi connectivity index (χ0n) is 20.0. The van der Waals surface area contributed by atoms with Crippen LogP contribution >= 0.6 is 11.3 Å². The SMILES string of the molecule is COc1ccccc1-c1csc(N(C)Cc2ccc(C(=O)NC(Cc3ccccc3)C(=O)O)cc2)n1. The number of thiazole rings is 1. The van der Waals surface area contributed by atoms with Gasteiger partial charge in [0.05, 0.1) is 12.8 Å². The van der Waals surface area contributed by atoms with Gasteiger partial charge in [0, 0.05) is 36.5 Å². The summed E-state index contributed by atoms with van der Waals surface area (Å²) in [6.45, 7) is 0.604. The smallest absolute Gasteiger partial charge is 0.326 e. The summed E-state index contributed by atoms with van der Waals surface area (Å²) in [5.41, 5.74) is 4.06. The molecule has 184 valence electrons. The van der Waals surface area contributed by atoms with E-state index in [2.05, 4.69) is 5.32 Å². The van der Waals surface area contributed by atoms with Crippen molar-refractivity contribution in [3.8, 4) is 17.0 Å². The van der Waals surface area contributed by atoms with Crippen LogP contribution in [0.1, 0.15) is 21.5 Å². The number of carbonyl (C=O) groups excluding carboxylic acids is 1. The first-order valence-corrected chi connectivity index (χ1v) is 12.3. The van der Waals surface area contributed by atoms with Gasteiger partial charge in [-0.15, -0.1) is 11.3 Å². The molecule has 0 radical (unpaired) electrons. The molecule has 1 heterocycles. The lowest BCUT2D eigenvalue weighted by atomic mass is 10.1. The normalized spacial score (nSPS) is 11.5. The van der Waals surface area contributed by atoms with Crippen molar-refractivity contribution < 1.29 is 19.4 Å². The van der Waals surface area contributed by atoms with Crippen LogP contribution in [0.25, 0.3) is 11.3 Å². The Morgan fingerprint density at radius 3 is 2.39 bits per heavy atom. The number of carbonyl (C=O) groups is 2. The fourth-order valence-corrected chi connectivity index (χ4v) is 4.61. The van der Waals surface area contributed by atoms with E-state index in [4.69, 9.17) is 9.72 Å². The third kappa shape index (κ3) is 6.09. The molecule has 0 spiro atoms. The number of carboxylic acid groups (broad SMARTS) is 1. The van der Waals surface area contributed by atoms with E-state index in [0.717, 1.165) is 33.3 Å². The molecule has 4 rings (SSSR count). The molecule has 0 saturated heterocycles. The number of nitrogens with one attached hydrogen (secondary N) is 1. The highest BCUT2D eigenvalue weighted by molar-refractivity contribution is 7.14. The van der Waals surface area contributed by atoms with Crippen molar-refractivity contribution in [1.29, 1.82) is 0 Å². The van der Waals surface area contributed by atoms with E-state index in [1.54, 1.807) is 30.6 Å². The summed E-state index contributed by atoms with van der Waals surface area (Å²) in [5.74, 6) is -0.708. The van der Waals surface area contributed by atoms with Crippen LogP contribution in [0.2, 0.25) is 0 Å². The Balaban J connectivity index is 1.38. The minimum Gasteiger partial charge on any atom is -0.496 e. The number of anilines is 1. The van der Waals surface area contributed by atoms with Crippen LogP contribution in [0, 0.1) is 0 Å². The second-order valence-electron chi connectivity index (χ2n) is 8.32. The van der Waals surface area contributed by atoms with E-state index in [1.807, 2.05) is 84.1 Å². The van der Waals surface area contributed by atoms with Crippen LogP contribution in [-0.2, 0) is 17.8 Å². The molecule has 2 N–H and O–H groups in total. The van der Waals surface area contributed by atoms with Crippen LogP contribution in [0.3, 0.4) is 0 Å². The molecule has 0 fully saturated rings. The highest BCUT2D eigenvalue weighted by Gasteiger charge is 2.21. The van der Waals surface area contributed by atoms with Crippen molar-refractivity contribution in [2.45, 2.75) is 19.0 Å². The van der Waals surface area contributed by atoms with Gasteiger partial charge in [0.15, 0.2) is 5.13 Å². The maximum absolute atomic E-state index is 12.7. The number of ether oxygens (including phenoxy) is 1. The number of aliphatic carboxylic acids is 1. The molecule has 0 aliphatic heterocycles. The molecule has 36 heavy (non-hydrogen) atoms. The van der Waals surface area contributed by atoms with Crippen molar-refractivity contribution in [3.63, 3.8) is 0 Å². The van der Waals surface area contributed by atoms with E-state index >= 15 is 0 Å². The molecule has 0 aliphatic rings. The number of amides is 1. The summed E-state index contributed by atoms with van der Waals surface area (Å²) in [6.07, 6.45) is 0.218. The quantitative estimate of drug-likeness (QED) is 0.322. The van der Waals surface area contributed by atoms with E-state index < -0.39 is 17.9 Å². The van der Waals surface area contributed by atoms with Crippen LogP contribution in [-0.4, -0.2) is 42.2 Å². The van der Waals surface area contributed by atoms with Gasteiger partial charge < -0.3 is 20.1 Å². The molecule has 0 aliphatic carbocycles. The maximum atomic E-state index is 12.7. The summed E-state index contributed by atoms with van der Waals surface area (Å²) in [4.78, 5) is 31.2. The average Bonchev–Trinajstić information content (AvgIpc) is 3.39. The Labute approximate surface area is 214 Å². The van der Waals surface area contributed by atoms with Crippen LogP contribution in [0.4, 0.5) is 5.13 Å². The first-order valence-electron chi connectivity index (χ1n) is 11.4. The minimum atomic E-state index is -1.07. The topological polar surface area (TPSA) is 91.8 Å². The average molecular weight is 502 g/mol. The van der Waals surface area contributed by atoms with Gasteiger partial charge in [0.2, 0.25) is 0 Å². The predicted octanol–water partition coefficient (Wildman–Crippen LogP) is 4.88. The molecule has 1 atom stereocenters. The standard InChI is InChI=1S/C28H27N3O4S/c1-31(28-30-24(18-36-28)22-10-6-7-11-25(22)35-2)17-20-12-14-21(15-13-20)26(32)29-23(27(33)34)16-19-8-4-3-5-9-19/h3-15,18,23H,16-17H2,1-2H3,(H,29,32)(H,33,34). The molecule has 0 saturated carbocycles. The molecule has 3 aromatic carbocycles. The van der Waals surface area contributed by atoms with Crippen molar-refractivity contribution >= 4 is 28.3 Å². The number of hydrogen-bond acceptors (Lipinski definition) is 6. The first kappa shape index (κ1) is 24.9. The van der Waals surface area contributed by atoms with Crippen LogP contribution in [0.5, 0.6) is 5.75 Å². The van der Waals surface area contributed by atoms with Crippen molar-refractivity contribution in [2.75, 3.05) is 19.1 Å². The van der Waals surface area contributed by atoms with Gasteiger partial charge in [-0.2, -0.15) is 0 Å². The Bertz CT molecular complexity index is 1320. The third-order valence-electron chi connectivity index (χ3n) is 5.72. The molecular weight excluding hydrogens is 474 g/mol. The molecule has 0 bridgehead atoms. The Morgan fingerprint density at radius 1 is 1.00 bits per heavy atom. The summed E-state index contributed by atoms with van der Waals surface area (Å²) >= 11 is 1.55. The van der Waals surface area contributed by atoms with E-state index in [9.17, 15) is 14.7 Å². The fraction of sp³-hybridized carbons (Fsp3) is 0.179. The number of hydrogen-bond donors (Lipinski definition) is 2. The van der Waals surface area contributed by atoms with Crippen molar-refractivity contribution in [1.82, 2.24) is 10.3 Å². The van der Waals surface area contributed by atoms with E-state index in [0.29, 0.717) is 12.1 Å². The van der Waals surface area contributed by atoms with Gasteiger partial charge in [-0.25, -0.2) is 9.78 Å². The van der Waals surface area contributed by atoms with Crippen molar-refractivity contribution in [2.24, 2.45) is 0 Å². The Morgan fingerprint density at radius 2 is 1.69 bits per heavy atom. The van der Waals surface area contributed by atoms with Gasteiger partial charge in [-0.3, -0.25) is 4.79 Å². The van der Waals surface area contributed by atoms with Gasteiger partial charge in [0.25, 0.3) is 5.91 Å². The van der Waals surface area contributed by atoms with E-state index in [-0.39, 0.29) is 6.42 Å². The van der Waals surface area contributed by atoms with Crippen molar-refractivity contribution in [3.05, 3.63) is 101 Å². The van der Waals surface area contributed by atoms with Crippen LogP contribution in [0.15, 0.2) is 84.2 Å². The lowest BCUT2D eigenvalue weighted by molar-refractivity contribution is -0.139. The van der Waals surface area contributed by atoms with Gasteiger partial charge >= 0.3 is 5.97 Å². The number of para-hydroxylation sites is 1. The minimum absolute atomic E-state index is 0.218. The van der Waals surface area contributed by atoms with E-state index in [1.165, 1.54) is 0 Å². The largest absolute Gasteiger partial charge is 0.496 e. The molecule has 4 aromatic rings. The number of rotatable bonds is 10. The monoisotopic (exact) mass is 501 g/mol. The number of methoxy groups -OCH3 is 1. The summed E-state index contributed by atoms with van der Waals surface area (Å²) in [7, 11) is 3.61. The molecule has 7 nitrogen and oxygen atoms in total. The fourth-order valence-electron chi connectivity index (χ4n) is 3.81. The number of benzene rings is 3. The molecule has 1 aromatic heterocycles. The first-order chi connectivity index (χ1) is 17.4. The van der Waals surface area contributed by atoms with Gasteiger partial charge in [-0.05, 0) is 35.4 Å². The number of carboxylic acids is 1. The highest BCUT2D eigenvalue weighted by atomic mass is 32.1. The third-order valence-corrected chi connectivity index (χ3v) is 6.68. The zero-order chi connectivity index (χ0) is 25.5. The lowest BCUT2D eigenvalue weighted by Gasteiger charge is -2.17. The van der Waals surface area contributed by atoms with Gasteiger partial charge in [-0.1, -0.05) is 54.6 Å². The number of aromatic nitrogens is 1. The second-order valence-corrected chi connectivity index (χ2v) is 9.16. The predicted molar refractivity (Wildman–Crippen MR) is 142 cm³/mol.